The van der Waals surface area contributed by atoms with Crippen LogP contribution in [0, 0.1) is 11.2 Å². The zero-order valence-electron chi connectivity index (χ0n) is 20.0. The predicted octanol–water partition coefficient (Wildman–Crippen LogP) is 4.12. The first-order chi connectivity index (χ1) is 16.8. The molecule has 2 saturated heterocycles. The van der Waals surface area contributed by atoms with Gasteiger partial charge in [-0.1, -0.05) is 11.6 Å². The van der Waals surface area contributed by atoms with Crippen LogP contribution in [0.5, 0.6) is 5.75 Å². The first-order valence-corrected chi connectivity index (χ1v) is 12.4. The lowest BCUT2D eigenvalue weighted by atomic mass is 9.78. The fraction of sp³-hybridized carbons (Fsp3) is 0.462. The largest absolute Gasteiger partial charge is 0.493 e. The highest BCUT2D eigenvalue weighted by molar-refractivity contribution is 6.31. The van der Waals surface area contributed by atoms with Crippen molar-refractivity contribution in [1.29, 1.82) is 0 Å². The van der Waals surface area contributed by atoms with Crippen LogP contribution in [-0.4, -0.2) is 65.9 Å². The molecule has 35 heavy (non-hydrogen) atoms. The molecule has 2 fully saturated rings. The lowest BCUT2D eigenvalue weighted by Gasteiger charge is -2.55. The Hall–Kier alpha value is -2.68. The van der Waals surface area contributed by atoms with Crippen LogP contribution < -0.4 is 10.1 Å². The second-order valence-corrected chi connectivity index (χ2v) is 10.2. The van der Waals surface area contributed by atoms with Crippen LogP contribution in [0.3, 0.4) is 0 Å². The molecule has 0 saturated carbocycles. The number of likely N-dealkylation sites (tertiary alicyclic amines) is 1. The van der Waals surface area contributed by atoms with Crippen LogP contribution >= 0.6 is 11.6 Å². The van der Waals surface area contributed by atoms with Crippen molar-refractivity contribution in [2.45, 2.75) is 32.9 Å². The molecule has 2 aliphatic rings. The Morgan fingerprint density at radius 3 is 2.77 bits per heavy atom. The first kappa shape index (κ1) is 24.0. The van der Waals surface area contributed by atoms with E-state index >= 15 is 0 Å². The summed E-state index contributed by atoms with van der Waals surface area (Å²) in [6.45, 7) is 9.65. The number of aromatic nitrogens is 2. The normalized spacial score (nSPS) is 17.7. The van der Waals surface area contributed by atoms with E-state index in [1.54, 1.807) is 12.1 Å². The summed E-state index contributed by atoms with van der Waals surface area (Å²) in [6, 6.07) is 10.3. The number of benzene rings is 2. The molecule has 1 amide bonds. The van der Waals surface area contributed by atoms with Gasteiger partial charge in [0, 0.05) is 56.2 Å². The van der Waals surface area contributed by atoms with Gasteiger partial charge >= 0.3 is 0 Å². The van der Waals surface area contributed by atoms with E-state index in [0.29, 0.717) is 30.0 Å². The third kappa shape index (κ3) is 5.15. The van der Waals surface area contributed by atoms with Crippen LogP contribution in [0.1, 0.15) is 20.3 Å². The fourth-order valence-corrected chi connectivity index (χ4v) is 5.20. The van der Waals surface area contributed by atoms with Crippen LogP contribution in [0.4, 0.5) is 4.39 Å². The highest BCUT2D eigenvalue weighted by atomic mass is 35.5. The SMILES string of the molecule is CC(=O)NC(C)Cn1c(-c2ccc(F)c(Cl)c2)nc2cc(OCCCN3CC4(COC4)C3)ccc21. The Kier molecular flexibility index (Phi) is 6.70. The summed E-state index contributed by atoms with van der Waals surface area (Å²) in [5, 5.41) is 2.95. The number of carbonyl (C=O) groups is 1. The van der Waals surface area contributed by atoms with Gasteiger partial charge in [-0.05, 0) is 43.7 Å². The van der Waals surface area contributed by atoms with Gasteiger partial charge in [0.25, 0.3) is 0 Å². The maximum atomic E-state index is 13.8. The fourth-order valence-electron chi connectivity index (χ4n) is 5.02. The van der Waals surface area contributed by atoms with Crippen molar-refractivity contribution in [3.63, 3.8) is 0 Å². The van der Waals surface area contributed by atoms with Gasteiger partial charge in [0.1, 0.15) is 17.4 Å². The average Bonchev–Trinajstić information content (AvgIpc) is 3.10. The van der Waals surface area contributed by atoms with E-state index in [1.165, 1.54) is 13.0 Å². The Labute approximate surface area is 209 Å². The number of nitrogens with one attached hydrogen (secondary N) is 1. The van der Waals surface area contributed by atoms with E-state index in [2.05, 4.69) is 10.2 Å². The summed E-state index contributed by atoms with van der Waals surface area (Å²) < 4.78 is 27.2. The van der Waals surface area contributed by atoms with Crippen molar-refractivity contribution in [1.82, 2.24) is 19.8 Å². The number of ether oxygens (including phenoxy) is 2. The van der Waals surface area contributed by atoms with Crippen LogP contribution in [0.25, 0.3) is 22.4 Å². The Bertz CT molecular complexity index is 1230. The summed E-state index contributed by atoms with van der Waals surface area (Å²) in [4.78, 5) is 18.8. The van der Waals surface area contributed by atoms with E-state index in [1.807, 2.05) is 29.7 Å². The van der Waals surface area contributed by atoms with Gasteiger partial charge < -0.3 is 24.3 Å². The molecule has 3 heterocycles. The van der Waals surface area contributed by atoms with E-state index in [4.69, 9.17) is 26.1 Å². The molecule has 7 nitrogen and oxygen atoms in total. The molecule has 0 bridgehead atoms. The highest BCUT2D eigenvalue weighted by Gasteiger charge is 2.48. The molecule has 186 valence electrons. The zero-order chi connectivity index (χ0) is 24.6. The molecule has 1 atom stereocenters. The number of nitrogens with zero attached hydrogens (tertiary/aromatic N) is 3. The average molecular weight is 501 g/mol. The van der Waals surface area contributed by atoms with Gasteiger partial charge in [-0.3, -0.25) is 4.79 Å². The molecule has 0 aliphatic carbocycles. The smallest absolute Gasteiger partial charge is 0.217 e. The summed E-state index contributed by atoms with van der Waals surface area (Å²) in [5.41, 5.74) is 2.81. The number of carbonyl (C=O) groups excluding carboxylic acids is 1. The molecule has 2 aliphatic heterocycles. The lowest BCUT2D eigenvalue weighted by molar-refractivity contribution is -0.189. The number of amides is 1. The number of rotatable bonds is 9. The first-order valence-electron chi connectivity index (χ1n) is 12.0. The molecule has 3 aromatic rings. The maximum absolute atomic E-state index is 13.8. The molecular weight excluding hydrogens is 471 g/mol. The molecule has 0 radical (unpaired) electrons. The molecule has 1 aromatic heterocycles. The number of fused-ring (bicyclic) bond motifs is 1. The van der Waals surface area contributed by atoms with E-state index in [9.17, 15) is 9.18 Å². The van der Waals surface area contributed by atoms with Crippen molar-refractivity contribution in [2.24, 2.45) is 5.41 Å². The second-order valence-electron chi connectivity index (χ2n) is 9.83. The third-order valence-corrected chi connectivity index (χ3v) is 6.92. The van der Waals surface area contributed by atoms with Gasteiger partial charge in [0.05, 0.1) is 35.9 Å². The molecule has 9 heteroatoms. The van der Waals surface area contributed by atoms with Crippen molar-refractivity contribution in [3.8, 4) is 17.1 Å². The number of halogens is 2. The van der Waals surface area contributed by atoms with Gasteiger partial charge in [0.15, 0.2) is 0 Å². The minimum atomic E-state index is -0.477. The number of hydrogen-bond acceptors (Lipinski definition) is 5. The zero-order valence-corrected chi connectivity index (χ0v) is 20.8. The maximum Gasteiger partial charge on any atom is 0.217 e. The molecule has 5 rings (SSSR count). The molecular formula is C26H30ClFN4O3. The molecule has 1 spiro atoms. The van der Waals surface area contributed by atoms with E-state index < -0.39 is 5.82 Å². The minimum absolute atomic E-state index is 0.0398. The topological polar surface area (TPSA) is 68.6 Å². The predicted molar refractivity (Wildman–Crippen MR) is 133 cm³/mol. The Morgan fingerprint density at radius 2 is 2.09 bits per heavy atom. The monoisotopic (exact) mass is 500 g/mol. The molecule has 1 unspecified atom stereocenters. The summed E-state index contributed by atoms with van der Waals surface area (Å²) in [7, 11) is 0. The van der Waals surface area contributed by atoms with Crippen molar-refractivity contribution in [3.05, 3.63) is 47.2 Å². The summed E-state index contributed by atoms with van der Waals surface area (Å²) >= 11 is 6.05. The van der Waals surface area contributed by atoms with E-state index in [-0.39, 0.29) is 17.0 Å². The summed E-state index contributed by atoms with van der Waals surface area (Å²) in [6.07, 6.45) is 0.955. The van der Waals surface area contributed by atoms with Crippen LogP contribution in [0.2, 0.25) is 5.02 Å². The van der Waals surface area contributed by atoms with Crippen molar-refractivity contribution in [2.75, 3.05) is 39.5 Å². The van der Waals surface area contributed by atoms with Gasteiger partial charge in [-0.25, -0.2) is 9.37 Å². The second kappa shape index (κ2) is 9.76. The standard InChI is InChI=1S/C26H30ClFN4O3/c1-17(29-18(2)33)12-32-24-7-5-20(35-9-3-8-31-13-26(14-31)15-34-16-26)11-23(24)30-25(32)19-4-6-22(28)21(27)10-19/h4-7,10-11,17H,3,8-9,12-16H2,1-2H3,(H,29,33). The van der Waals surface area contributed by atoms with E-state index in [0.717, 1.165) is 56.1 Å². The summed E-state index contributed by atoms with van der Waals surface area (Å²) in [5.74, 6) is 0.837. The van der Waals surface area contributed by atoms with Crippen LogP contribution in [-0.2, 0) is 16.1 Å². The lowest BCUT2D eigenvalue weighted by Crippen LogP contribution is -2.65. The Morgan fingerprint density at radius 1 is 1.29 bits per heavy atom. The number of hydrogen-bond donors (Lipinski definition) is 1. The van der Waals surface area contributed by atoms with Gasteiger partial charge in [0.2, 0.25) is 5.91 Å². The van der Waals surface area contributed by atoms with Gasteiger partial charge in [-0.15, -0.1) is 0 Å². The van der Waals surface area contributed by atoms with Crippen molar-refractivity contribution >= 4 is 28.5 Å². The Balaban J connectivity index is 1.31. The minimum Gasteiger partial charge on any atom is -0.493 e. The molecule has 2 aromatic carbocycles. The number of imidazole rings is 1. The van der Waals surface area contributed by atoms with Crippen LogP contribution in [0.15, 0.2) is 36.4 Å². The molecule has 1 N–H and O–H groups in total. The third-order valence-electron chi connectivity index (χ3n) is 6.63. The van der Waals surface area contributed by atoms with Crippen molar-refractivity contribution < 1.29 is 18.7 Å². The highest BCUT2D eigenvalue weighted by Crippen LogP contribution is 2.37. The van der Waals surface area contributed by atoms with Gasteiger partial charge in [-0.2, -0.15) is 0 Å². The quantitative estimate of drug-likeness (QED) is 0.448.